The van der Waals surface area contributed by atoms with Crippen LogP contribution in [0.4, 0.5) is 0 Å². The third kappa shape index (κ3) is 2.43. The summed E-state index contributed by atoms with van der Waals surface area (Å²) in [7, 11) is 1.63. The minimum Gasteiger partial charge on any atom is -0.466 e. The normalized spacial score (nSPS) is 12.9. The molecule has 0 amide bonds. The Bertz CT molecular complexity index is 498. The van der Waals surface area contributed by atoms with E-state index in [4.69, 9.17) is 19.3 Å². The molecule has 2 heterocycles. The van der Waals surface area contributed by atoms with Crippen LogP contribution in [-0.4, -0.2) is 7.11 Å². The van der Waals surface area contributed by atoms with Gasteiger partial charge in [0, 0.05) is 12.7 Å². The van der Waals surface area contributed by atoms with Crippen molar-refractivity contribution in [3.8, 4) is 0 Å². The van der Waals surface area contributed by atoms with Gasteiger partial charge >= 0.3 is 0 Å². The minimum absolute atomic E-state index is 0.293. The van der Waals surface area contributed by atoms with Gasteiger partial charge in [0.1, 0.15) is 29.6 Å². The van der Waals surface area contributed by atoms with Crippen molar-refractivity contribution in [2.75, 3.05) is 7.11 Å². The minimum atomic E-state index is -0.293. The largest absolute Gasteiger partial charge is 0.466 e. The van der Waals surface area contributed by atoms with Crippen LogP contribution in [0.5, 0.6) is 0 Å². The van der Waals surface area contributed by atoms with Crippen LogP contribution >= 0.6 is 0 Å². The van der Waals surface area contributed by atoms with Crippen molar-refractivity contribution in [2.45, 2.75) is 26.5 Å². The van der Waals surface area contributed by atoms with Crippen molar-refractivity contribution in [3.63, 3.8) is 0 Å². The molecule has 1 unspecified atom stereocenters. The maximum Gasteiger partial charge on any atom is 0.129 e. The molecule has 0 spiro atoms. The van der Waals surface area contributed by atoms with E-state index < -0.39 is 0 Å². The fraction of sp³-hybridized carbons (Fsp3) is 0.385. The van der Waals surface area contributed by atoms with Gasteiger partial charge in [-0.05, 0) is 32.0 Å². The van der Waals surface area contributed by atoms with E-state index in [0.717, 1.165) is 28.6 Å². The van der Waals surface area contributed by atoms with Crippen LogP contribution in [0.1, 0.15) is 34.6 Å². The van der Waals surface area contributed by atoms with Gasteiger partial charge in [0.2, 0.25) is 0 Å². The maximum atomic E-state index is 6.15. The van der Waals surface area contributed by atoms with Gasteiger partial charge in [0.15, 0.2) is 0 Å². The second-order valence-electron chi connectivity index (χ2n) is 4.08. The van der Waals surface area contributed by atoms with Crippen LogP contribution in [0.3, 0.4) is 0 Å². The van der Waals surface area contributed by atoms with Gasteiger partial charge in [-0.25, -0.2) is 0 Å². The highest BCUT2D eigenvalue weighted by atomic mass is 16.5. The Balaban J connectivity index is 2.24. The van der Waals surface area contributed by atoms with Crippen molar-refractivity contribution in [1.29, 1.82) is 0 Å². The van der Waals surface area contributed by atoms with E-state index in [1.165, 1.54) is 0 Å². The second kappa shape index (κ2) is 4.77. The summed E-state index contributed by atoms with van der Waals surface area (Å²) in [5.41, 5.74) is 7.10. The molecule has 0 aliphatic carbocycles. The lowest BCUT2D eigenvalue weighted by molar-refractivity contribution is 0.162. The van der Waals surface area contributed by atoms with Crippen molar-refractivity contribution < 1.29 is 13.6 Å². The lowest BCUT2D eigenvalue weighted by Crippen LogP contribution is -2.11. The predicted octanol–water partition coefficient (Wildman–Crippen LogP) is 2.68. The molecule has 0 saturated heterocycles. The van der Waals surface area contributed by atoms with E-state index in [-0.39, 0.29) is 6.04 Å². The first-order valence-corrected chi connectivity index (χ1v) is 5.52. The lowest BCUT2D eigenvalue weighted by Gasteiger charge is -2.07. The van der Waals surface area contributed by atoms with E-state index in [0.29, 0.717) is 6.61 Å². The molecule has 17 heavy (non-hydrogen) atoms. The molecule has 0 fully saturated rings. The van der Waals surface area contributed by atoms with Crippen molar-refractivity contribution in [1.82, 2.24) is 0 Å². The van der Waals surface area contributed by atoms with E-state index in [9.17, 15) is 0 Å². The molecule has 92 valence electrons. The van der Waals surface area contributed by atoms with E-state index in [1.807, 2.05) is 32.0 Å². The zero-order valence-corrected chi connectivity index (χ0v) is 10.3. The molecule has 0 saturated carbocycles. The fourth-order valence-electron chi connectivity index (χ4n) is 1.89. The topological polar surface area (TPSA) is 61.5 Å². The molecule has 2 aromatic rings. The molecule has 0 bridgehead atoms. The molecular weight excluding hydrogens is 218 g/mol. The Morgan fingerprint density at radius 1 is 1.29 bits per heavy atom. The summed E-state index contributed by atoms with van der Waals surface area (Å²) in [5.74, 6) is 3.19. The summed E-state index contributed by atoms with van der Waals surface area (Å²) in [4.78, 5) is 0. The van der Waals surface area contributed by atoms with Gasteiger partial charge in [-0.3, -0.25) is 0 Å². The summed E-state index contributed by atoms with van der Waals surface area (Å²) >= 11 is 0. The first-order chi connectivity index (χ1) is 8.11. The predicted molar refractivity (Wildman–Crippen MR) is 63.6 cm³/mol. The summed E-state index contributed by atoms with van der Waals surface area (Å²) < 4.78 is 16.1. The standard InChI is InChI=1S/C13H17NO3/c1-8-6-11(9(2)16-8)13(14)12-5-4-10(17-12)7-15-3/h4-6,13H,7,14H2,1-3H3. The van der Waals surface area contributed by atoms with Gasteiger partial charge in [0.25, 0.3) is 0 Å². The van der Waals surface area contributed by atoms with Gasteiger partial charge in [0.05, 0.1) is 6.04 Å². The zero-order valence-electron chi connectivity index (χ0n) is 10.3. The quantitative estimate of drug-likeness (QED) is 0.885. The average Bonchev–Trinajstić information content (AvgIpc) is 2.85. The number of methoxy groups -OCH3 is 1. The Kier molecular flexibility index (Phi) is 3.36. The first-order valence-electron chi connectivity index (χ1n) is 5.52. The molecule has 2 rings (SSSR count). The Labute approximate surface area is 100 Å². The number of nitrogens with two attached hydrogens (primary N) is 1. The van der Waals surface area contributed by atoms with Crippen molar-refractivity contribution in [3.05, 3.63) is 46.8 Å². The summed E-state index contributed by atoms with van der Waals surface area (Å²) in [6, 6.07) is 5.40. The van der Waals surface area contributed by atoms with Gasteiger partial charge in [-0.2, -0.15) is 0 Å². The third-order valence-corrected chi connectivity index (χ3v) is 2.69. The van der Waals surface area contributed by atoms with Gasteiger partial charge in [-0.1, -0.05) is 0 Å². The molecule has 1 atom stereocenters. The van der Waals surface area contributed by atoms with Crippen LogP contribution in [0.25, 0.3) is 0 Å². The number of rotatable bonds is 4. The highest BCUT2D eigenvalue weighted by Gasteiger charge is 2.18. The van der Waals surface area contributed by atoms with E-state index in [2.05, 4.69) is 0 Å². The van der Waals surface area contributed by atoms with E-state index in [1.54, 1.807) is 7.11 Å². The summed E-state index contributed by atoms with van der Waals surface area (Å²) in [5, 5.41) is 0. The smallest absolute Gasteiger partial charge is 0.129 e. The lowest BCUT2D eigenvalue weighted by atomic mass is 10.1. The number of aryl methyl sites for hydroxylation is 2. The Hall–Kier alpha value is -1.52. The van der Waals surface area contributed by atoms with Crippen molar-refractivity contribution in [2.24, 2.45) is 5.73 Å². The summed E-state index contributed by atoms with van der Waals surface area (Å²) in [6.45, 7) is 4.26. The summed E-state index contributed by atoms with van der Waals surface area (Å²) in [6.07, 6.45) is 0. The van der Waals surface area contributed by atoms with Crippen LogP contribution in [0.2, 0.25) is 0 Å². The third-order valence-electron chi connectivity index (χ3n) is 2.69. The number of furan rings is 2. The highest BCUT2D eigenvalue weighted by molar-refractivity contribution is 5.30. The molecule has 2 N–H and O–H groups in total. The highest BCUT2D eigenvalue weighted by Crippen LogP contribution is 2.26. The van der Waals surface area contributed by atoms with E-state index >= 15 is 0 Å². The first kappa shape index (κ1) is 12.0. The van der Waals surface area contributed by atoms with Crippen LogP contribution in [-0.2, 0) is 11.3 Å². The molecule has 0 aliphatic rings. The molecule has 4 nitrogen and oxygen atoms in total. The van der Waals surface area contributed by atoms with Crippen LogP contribution in [0.15, 0.2) is 27.0 Å². The Morgan fingerprint density at radius 3 is 2.65 bits per heavy atom. The maximum absolute atomic E-state index is 6.15. The molecule has 4 heteroatoms. The number of ether oxygens (including phenoxy) is 1. The number of hydrogen-bond donors (Lipinski definition) is 1. The van der Waals surface area contributed by atoms with Crippen LogP contribution < -0.4 is 5.73 Å². The molecule has 0 aromatic carbocycles. The molecule has 0 aliphatic heterocycles. The molecule has 0 radical (unpaired) electrons. The average molecular weight is 235 g/mol. The van der Waals surface area contributed by atoms with Crippen molar-refractivity contribution >= 4 is 0 Å². The Morgan fingerprint density at radius 2 is 2.06 bits per heavy atom. The van der Waals surface area contributed by atoms with Gasteiger partial charge < -0.3 is 19.3 Å². The van der Waals surface area contributed by atoms with Crippen LogP contribution in [0, 0.1) is 13.8 Å². The SMILES string of the molecule is COCc1ccc(C(N)c2cc(C)oc2C)o1. The fourth-order valence-corrected chi connectivity index (χ4v) is 1.89. The molecular formula is C13H17NO3. The zero-order chi connectivity index (χ0) is 12.4. The second-order valence-corrected chi connectivity index (χ2v) is 4.08. The monoisotopic (exact) mass is 235 g/mol. The molecule has 2 aromatic heterocycles. The number of hydrogen-bond acceptors (Lipinski definition) is 4. The van der Waals surface area contributed by atoms with Gasteiger partial charge in [-0.15, -0.1) is 0 Å².